The van der Waals surface area contributed by atoms with Gasteiger partial charge in [-0.25, -0.2) is 0 Å². The highest BCUT2D eigenvalue weighted by Gasteiger charge is 2.32. The molecule has 0 amide bonds. The fraction of sp³-hybridized carbons (Fsp3) is 0.625. The van der Waals surface area contributed by atoms with Crippen molar-refractivity contribution in [3.63, 3.8) is 0 Å². The van der Waals surface area contributed by atoms with Crippen LogP contribution in [0.5, 0.6) is 0 Å². The molecule has 4 unspecified atom stereocenters. The molecule has 0 fully saturated rings. The van der Waals surface area contributed by atoms with Crippen molar-refractivity contribution in [2.75, 3.05) is 0 Å². The molecule has 0 aromatic heterocycles. The second-order valence-corrected chi connectivity index (χ2v) is 7.94. The van der Waals surface area contributed by atoms with Crippen LogP contribution in [-0.4, -0.2) is 14.7 Å². The quantitative estimate of drug-likeness (QED) is 0.864. The third-order valence-electron chi connectivity index (χ3n) is 4.35. The van der Waals surface area contributed by atoms with Gasteiger partial charge in [0.2, 0.25) is 0 Å². The average Bonchev–Trinajstić information content (AvgIpc) is 2.57. The van der Waals surface area contributed by atoms with E-state index in [2.05, 4.69) is 39.0 Å². The minimum absolute atomic E-state index is 0.0827. The molecule has 1 aromatic rings. The molecule has 2 rings (SSSR count). The second-order valence-electron chi connectivity index (χ2n) is 5.93. The molecule has 0 bridgehead atoms. The molecule has 0 heterocycles. The molecule has 1 aliphatic carbocycles. The third-order valence-corrected chi connectivity index (χ3v) is 6.76. The summed E-state index contributed by atoms with van der Waals surface area (Å²) in [5.74, 6) is 0.437. The number of aryl methyl sites for hydroxylation is 1. The topological polar surface area (TPSA) is 43.1 Å². The maximum Gasteiger partial charge on any atom is 0.0543 e. The Morgan fingerprint density at radius 3 is 2.63 bits per heavy atom. The van der Waals surface area contributed by atoms with Crippen molar-refractivity contribution in [1.82, 2.24) is 0 Å². The van der Waals surface area contributed by atoms with Gasteiger partial charge in [-0.3, -0.25) is 4.21 Å². The molecule has 3 heteroatoms. The zero-order valence-electron chi connectivity index (χ0n) is 12.1. The third kappa shape index (κ3) is 3.09. The predicted molar refractivity (Wildman–Crippen MR) is 82.5 cm³/mol. The van der Waals surface area contributed by atoms with E-state index in [1.165, 1.54) is 11.1 Å². The molecule has 0 saturated carbocycles. The Kier molecular flexibility index (Phi) is 4.80. The fourth-order valence-electron chi connectivity index (χ4n) is 2.77. The Labute approximate surface area is 119 Å². The van der Waals surface area contributed by atoms with Crippen LogP contribution in [0.3, 0.4) is 0 Å². The normalized spacial score (nSPS) is 26.6. The van der Waals surface area contributed by atoms with E-state index >= 15 is 0 Å². The number of rotatable bonds is 3. The number of fused-ring (bicyclic) bond motifs is 1. The van der Waals surface area contributed by atoms with Gasteiger partial charge in [-0.2, -0.15) is 0 Å². The zero-order chi connectivity index (χ0) is 14.0. The summed E-state index contributed by atoms with van der Waals surface area (Å²) in [4.78, 5) is 0. The molecule has 0 spiro atoms. The molecule has 0 saturated heterocycles. The lowest BCUT2D eigenvalue weighted by atomic mass is 10.00. The minimum atomic E-state index is -0.855. The van der Waals surface area contributed by atoms with Crippen LogP contribution in [0, 0.1) is 5.92 Å². The number of nitrogens with two attached hydrogens (primary N) is 1. The number of hydrogen-bond donors (Lipinski definition) is 1. The highest BCUT2D eigenvalue weighted by Crippen LogP contribution is 2.32. The van der Waals surface area contributed by atoms with Crippen molar-refractivity contribution in [1.29, 1.82) is 0 Å². The Hall–Kier alpha value is -0.670. The first-order chi connectivity index (χ1) is 9.02. The summed E-state index contributed by atoms with van der Waals surface area (Å²) < 4.78 is 12.7. The minimum Gasteiger partial charge on any atom is -0.323 e. The lowest BCUT2D eigenvalue weighted by Crippen LogP contribution is -2.35. The zero-order valence-corrected chi connectivity index (χ0v) is 13.0. The Balaban J connectivity index is 2.26. The lowest BCUT2D eigenvalue weighted by Gasteiger charge is -2.27. The summed E-state index contributed by atoms with van der Waals surface area (Å²) in [6, 6.07) is 8.29. The lowest BCUT2D eigenvalue weighted by molar-refractivity contribution is 0.562. The Bertz CT molecular complexity index is 458. The van der Waals surface area contributed by atoms with Crippen molar-refractivity contribution >= 4 is 10.8 Å². The van der Waals surface area contributed by atoms with E-state index in [9.17, 15) is 4.21 Å². The Morgan fingerprint density at radius 2 is 1.95 bits per heavy atom. The van der Waals surface area contributed by atoms with Crippen molar-refractivity contribution in [3.05, 3.63) is 35.4 Å². The van der Waals surface area contributed by atoms with Crippen molar-refractivity contribution < 1.29 is 4.21 Å². The van der Waals surface area contributed by atoms with Gasteiger partial charge in [-0.15, -0.1) is 0 Å². The molecule has 2 nitrogen and oxygen atoms in total. The van der Waals surface area contributed by atoms with E-state index in [-0.39, 0.29) is 16.5 Å². The van der Waals surface area contributed by atoms with Crippen LogP contribution in [0.4, 0.5) is 0 Å². The smallest absolute Gasteiger partial charge is 0.0543 e. The summed E-state index contributed by atoms with van der Waals surface area (Å²) in [7, 11) is -0.855. The summed E-state index contributed by atoms with van der Waals surface area (Å²) in [6.45, 7) is 6.36. The van der Waals surface area contributed by atoms with Gasteiger partial charge in [0, 0.05) is 22.1 Å². The SMILES string of the molecule is CC(C)C(C)S(=O)C1CCCc2ccccc2C1N. The van der Waals surface area contributed by atoms with Crippen molar-refractivity contribution in [2.24, 2.45) is 11.7 Å². The maximum absolute atomic E-state index is 12.7. The van der Waals surface area contributed by atoms with E-state index < -0.39 is 10.8 Å². The molecule has 1 aliphatic rings. The van der Waals surface area contributed by atoms with Crippen LogP contribution in [0.15, 0.2) is 24.3 Å². The Morgan fingerprint density at radius 1 is 1.26 bits per heavy atom. The fourth-order valence-corrected chi connectivity index (χ4v) is 4.69. The first kappa shape index (κ1) is 14.7. The van der Waals surface area contributed by atoms with Gasteiger partial charge in [0.15, 0.2) is 0 Å². The van der Waals surface area contributed by atoms with Crippen LogP contribution in [-0.2, 0) is 17.2 Å². The molecule has 106 valence electrons. The molecule has 0 aliphatic heterocycles. The molecular formula is C16H25NOS. The summed E-state index contributed by atoms with van der Waals surface area (Å²) in [6.07, 6.45) is 3.12. The average molecular weight is 279 g/mol. The largest absolute Gasteiger partial charge is 0.323 e. The molecule has 4 atom stereocenters. The first-order valence-electron chi connectivity index (χ1n) is 7.25. The summed E-state index contributed by atoms with van der Waals surface area (Å²) in [5, 5.41) is 0.308. The van der Waals surface area contributed by atoms with Gasteiger partial charge in [0.1, 0.15) is 0 Å². The first-order valence-corrected chi connectivity index (χ1v) is 8.52. The van der Waals surface area contributed by atoms with Crippen LogP contribution in [0.1, 0.15) is 50.8 Å². The molecule has 19 heavy (non-hydrogen) atoms. The predicted octanol–water partition coefficient (Wildman–Crippen LogP) is 3.18. The van der Waals surface area contributed by atoms with Gasteiger partial charge in [0.05, 0.1) is 5.25 Å². The van der Waals surface area contributed by atoms with Gasteiger partial charge < -0.3 is 5.73 Å². The van der Waals surface area contributed by atoms with Crippen LogP contribution < -0.4 is 5.73 Å². The number of benzene rings is 1. The van der Waals surface area contributed by atoms with E-state index in [1.807, 2.05) is 6.07 Å². The maximum atomic E-state index is 12.7. The van der Waals surface area contributed by atoms with Crippen LogP contribution in [0.25, 0.3) is 0 Å². The van der Waals surface area contributed by atoms with E-state index in [4.69, 9.17) is 5.73 Å². The van der Waals surface area contributed by atoms with Gasteiger partial charge in [-0.05, 0) is 36.3 Å². The van der Waals surface area contributed by atoms with Gasteiger partial charge in [0.25, 0.3) is 0 Å². The summed E-state index contributed by atoms with van der Waals surface area (Å²) in [5.41, 5.74) is 8.98. The second kappa shape index (κ2) is 6.19. The van der Waals surface area contributed by atoms with E-state index in [0.29, 0.717) is 5.92 Å². The molecular weight excluding hydrogens is 254 g/mol. The monoisotopic (exact) mass is 279 g/mol. The van der Waals surface area contributed by atoms with Crippen molar-refractivity contribution in [3.8, 4) is 0 Å². The highest BCUT2D eigenvalue weighted by molar-refractivity contribution is 7.86. The van der Waals surface area contributed by atoms with E-state index in [1.54, 1.807) is 0 Å². The van der Waals surface area contributed by atoms with Crippen molar-refractivity contribution in [2.45, 2.75) is 56.6 Å². The van der Waals surface area contributed by atoms with Crippen LogP contribution in [0.2, 0.25) is 0 Å². The van der Waals surface area contributed by atoms with E-state index in [0.717, 1.165) is 19.3 Å². The number of hydrogen-bond acceptors (Lipinski definition) is 2. The van der Waals surface area contributed by atoms with Gasteiger partial charge >= 0.3 is 0 Å². The molecule has 2 N–H and O–H groups in total. The standard InChI is InChI=1S/C16H25NOS/c1-11(2)12(3)19(18)15-10-6-8-13-7-4-5-9-14(13)16(15)17/h4-5,7,9,11-12,15-16H,6,8,10,17H2,1-3H3. The summed E-state index contributed by atoms with van der Waals surface area (Å²) >= 11 is 0. The van der Waals surface area contributed by atoms with Crippen LogP contribution >= 0.6 is 0 Å². The highest BCUT2D eigenvalue weighted by atomic mass is 32.2. The molecule has 1 aromatic carbocycles. The molecule has 0 radical (unpaired) electrons. The van der Waals surface area contributed by atoms with Gasteiger partial charge in [-0.1, -0.05) is 45.0 Å².